The van der Waals surface area contributed by atoms with Gasteiger partial charge < -0.3 is 5.73 Å². The second-order valence-electron chi connectivity index (χ2n) is 3.85. The van der Waals surface area contributed by atoms with E-state index in [0.717, 1.165) is 16.7 Å². The highest BCUT2D eigenvalue weighted by Crippen LogP contribution is 2.28. The number of nitrogens with two attached hydrogens (primary N) is 1. The summed E-state index contributed by atoms with van der Waals surface area (Å²) in [5.74, 6) is 0.211. The van der Waals surface area contributed by atoms with Gasteiger partial charge in [0.25, 0.3) is 0 Å². The molecule has 2 aromatic rings. The molecule has 16 heavy (non-hydrogen) atoms. The maximum atomic E-state index is 13.5. The van der Waals surface area contributed by atoms with E-state index in [9.17, 15) is 4.39 Å². The summed E-state index contributed by atoms with van der Waals surface area (Å²) in [6, 6.07) is 6.97. The predicted octanol–water partition coefficient (Wildman–Crippen LogP) is 3.09. The second-order valence-corrected chi connectivity index (χ2v) is 3.85. The van der Waals surface area contributed by atoms with Gasteiger partial charge in [0.1, 0.15) is 11.6 Å². The first-order chi connectivity index (χ1) is 7.59. The van der Waals surface area contributed by atoms with Gasteiger partial charge >= 0.3 is 0 Å². The van der Waals surface area contributed by atoms with Gasteiger partial charge in [-0.2, -0.15) is 0 Å². The predicted molar refractivity (Wildman–Crippen MR) is 63.5 cm³/mol. The number of halogens is 1. The summed E-state index contributed by atoms with van der Waals surface area (Å²) in [5, 5.41) is 0. The average Bonchev–Trinajstić information content (AvgIpc) is 2.23. The minimum Gasteiger partial charge on any atom is -0.383 e. The van der Waals surface area contributed by atoms with Gasteiger partial charge in [0, 0.05) is 11.8 Å². The molecule has 0 aliphatic carbocycles. The number of aromatic nitrogens is 1. The standard InChI is InChI=1S/C13H13FN2/c1-8-3-4-10(7-11(8)14)12-9(2)5-6-16-13(12)15/h3-7H,1-2H3,(H2,15,16). The van der Waals surface area contributed by atoms with E-state index in [1.165, 1.54) is 6.07 Å². The minimum atomic E-state index is -0.222. The first kappa shape index (κ1) is 10.6. The van der Waals surface area contributed by atoms with Crippen LogP contribution >= 0.6 is 0 Å². The number of benzene rings is 1. The smallest absolute Gasteiger partial charge is 0.131 e. The van der Waals surface area contributed by atoms with Crippen LogP contribution in [0.2, 0.25) is 0 Å². The Balaban J connectivity index is 2.63. The molecule has 0 atom stereocenters. The van der Waals surface area contributed by atoms with Crippen molar-refractivity contribution in [2.75, 3.05) is 5.73 Å². The topological polar surface area (TPSA) is 38.9 Å². The Morgan fingerprint density at radius 2 is 1.88 bits per heavy atom. The molecular weight excluding hydrogens is 203 g/mol. The molecule has 0 aliphatic heterocycles. The van der Waals surface area contributed by atoms with Gasteiger partial charge in [0.2, 0.25) is 0 Å². The SMILES string of the molecule is Cc1ccc(-c2c(C)ccnc2N)cc1F. The number of anilines is 1. The van der Waals surface area contributed by atoms with Crippen LogP contribution in [0.1, 0.15) is 11.1 Å². The van der Waals surface area contributed by atoms with E-state index in [-0.39, 0.29) is 5.82 Å². The maximum absolute atomic E-state index is 13.5. The number of aryl methyl sites for hydroxylation is 2. The minimum absolute atomic E-state index is 0.222. The zero-order chi connectivity index (χ0) is 11.7. The third-order valence-electron chi connectivity index (χ3n) is 2.65. The zero-order valence-electron chi connectivity index (χ0n) is 9.29. The number of hydrogen-bond acceptors (Lipinski definition) is 2. The molecule has 2 nitrogen and oxygen atoms in total. The van der Waals surface area contributed by atoms with Gasteiger partial charge in [0.15, 0.2) is 0 Å². The van der Waals surface area contributed by atoms with Crippen LogP contribution in [-0.4, -0.2) is 4.98 Å². The number of pyridine rings is 1. The lowest BCUT2D eigenvalue weighted by Crippen LogP contribution is -1.96. The first-order valence-corrected chi connectivity index (χ1v) is 5.07. The van der Waals surface area contributed by atoms with Crippen LogP contribution in [0.3, 0.4) is 0 Å². The molecule has 82 valence electrons. The molecular formula is C13H13FN2. The largest absolute Gasteiger partial charge is 0.383 e. The number of hydrogen-bond donors (Lipinski definition) is 1. The molecule has 0 unspecified atom stereocenters. The maximum Gasteiger partial charge on any atom is 0.131 e. The highest BCUT2D eigenvalue weighted by Gasteiger charge is 2.08. The molecule has 0 bridgehead atoms. The van der Waals surface area contributed by atoms with Crippen LogP contribution in [0.15, 0.2) is 30.5 Å². The lowest BCUT2D eigenvalue weighted by Gasteiger charge is -2.09. The van der Waals surface area contributed by atoms with Crippen LogP contribution in [0.25, 0.3) is 11.1 Å². The van der Waals surface area contributed by atoms with Crippen molar-refractivity contribution in [1.29, 1.82) is 0 Å². The van der Waals surface area contributed by atoms with Crippen LogP contribution in [-0.2, 0) is 0 Å². The molecule has 0 aliphatic rings. The summed E-state index contributed by atoms with van der Waals surface area (Å²) < 4.78 is 13.5. The second kappa shape index (κ2) is 3.93. The van der Waals surface area contributed by atoms with E-state index in [0.29, 0.717) is 11.4 Å². The summed E-state index contributed by atoms with van der Waals surface area (Å²) in [6.45, 7) is 3.67. The molecule has 2 N–H and O–H groups in total. The fourth-order valence-electron chi connectivity index (χ4n) is 1.70. The van der Waals surface area contributed by atoms with Crippen molar-refractivity contribution < 1.29 is 4.39 Å². The van der Waals surface area contributed by atoms with Gasteiger partial charge in [-0.05, 0) is 42.7 Å². The number of nitrogens with zero attached hydrogens (tertiary/aromatic N) is 1. The van der Waals surface area contributed by atoms with Crippen LogP contribution in [0.5, 0.6) is 0 Å². The Morgan fingerprint density at radius 1 is 1.12 bits per heavy atom. The molecule has 0 saturated heterocycles. The molecule has 0 radical (unpaired) electrons. The van der Waals surface area contributed by atoms with Crippen molar-refractivity contribution in [2.45, 2.75) is 13.8 Å². The Hall–Kier alpha value is -1.90. The fraction of sp³-hybridized carbons (Fsp3) is 0.154. The van der Waals surface area contributed by atoms with Crippen LogP contribution in [0, 0.1) is 19.7 Å². The first-order valence-electron chi connectivity index (χ1n) is 5.07. The lowest BCUT2D eigenvalue weighted by atomic mass is 10.0. The van der Waals surface area contributed by atoms with Crippen LogP contribution < -0.4 is 5.73 Å². The van der Waals surface area contributed by atoms with Crippen molar-refractivity contribution in [1.82, 2.24) is 4.98 Å². The Labute approximate surface area is 93.9 Å². The lowest BCUT2D eigenvalue weighted by molar-refractivity contribution is 0.619. The molecule has 3 heteroatoms. The van der Waals surface area contributed by atoms with Gasteiger partial charge in [-0.25, -0.2) is 9.37 Å². The van der Waals surface area contributed by atoms with E-state index >= 15 is 0 Å². The molecule has 2 rings (SSSR count). The summed E-state index contributed by atoms with van der Waals surface area (Å²) in [4.78, 5) is 4.02. The molecule has 0 amide bonds. The van der Waals surface area contributed by atoms with E-state index in [4.69, 9.17) is 5.73 Å². The van der Waals surface area contributed by atoms with Crippen molar-refractivity contribution in [3.05, 3.63) is 47.4 Å². The highest BCUT2D eigenvalue weighted by molar-refractivity contribution is 5.76. The van der Waals surface area contributed by atoms with Crippen molar-refractivity contribution in [2.24, 2.45) is 0 Å². The monoisotopic (exact) mass is 216 g/mol. The zero-order valence-corrected chi connectivity index (χ0v) is 9.29. The summed E-state index contributed by atoms with van der Waals surface area (Å²) in [7, 11) is 0. The van der Waals surface area contributed by atoms with Crippen molar-refractivity contribution >= 4 is 5.82 Å². The van der Waals surface area contributed by atoms with Crippen LogP contribution in [0.4, 0.5) is 10.2 Å². The Kier molecular flexibility index (Phi) is 2.60. The fourth-order valence-corrected chi connectivity index (χ4v) is 1.70. The van der Waals surface area contributed by atoms with Crippen molar-refractivity contribution in [3.8, 4) is 11.1 Å². The Bertz CT molecular complexity index is 515. The van der Waals surface area contributed by atoms with Gasteiger partial charge in [-0.3, -0.25) is 0 Å². The summed E-state index contributed by atoms with van der Waals surface area (Å²) in [5.41, 5.74) is 9.01. The quantitative estimate of drug-likeness (QED) is 0.795. The van der Waals surface area contributed by atoms with Gasteiger partial charge in [-0.1, -0.05) is 12.1 Å². The molecule has 0 saturated carbocycles. The van der Waals surface area contributed by atoms with Gasteiger partial charge in [-0.15, -0.1) is 0 Å². The molecule has 1 heterocycles. The third-order valence-corrected chi connectivity index (χ3v) is 2.65. The van der Waals surface area contributed by atoms with E-state index < -0.39 is 0 Å². The van der Waals surface area contributed by atoms with E-state index in [1.54, 1.807) is 19.2 Å². The number of rotatable bonds is 1. The summed E-state index contributed by atoms with van der Waals surface area (Å²) >= 11 is 0. The highest BCUT2D eigenvalue weighted by atomic mass is 19.1. The number of nitrogen functional groups attached to an aromatic ring is 1. The third kappa shape index (κ3) is 1.76. The Morgan fingerprint density at radius 3 is 2.50 bits per heavy atom. The van der Waals surface area contributed by atoms with E-state index in [2.05, 4.69) is 4.98 Å². The molecule has 1 aromatic heterocycles. The van der Waals surface area contributed by atoms with Gasteiger partial charge in [0.05, 0.1) is 0 Å². The average molecular weight is 216 g/mol. The molecule has 0 fully saturated rings. The summed E-state index contributed by atoms with van der Waals surface area (Å²) in [6.07, 6.45) is 1.65. The molecule has 1 aromatic carbocycles. The molecule has 0 spiro atoms. The van der Waals surface area contributed by atoms with Crippen molar-refractivity contribution in [3.63, 3.8) is 0 Å². The van der Waals surface area contributed by atoms with E-state index in [1.807, 2.05) is 19.1 Å². The normalized spacial score (nSPS) is 10.4.